The Morgan fingerprint density at radius 2 is 1.90 bits per heavy atom. The van der Waals surface area contributed by atoms with Crippen LogP contribution in [0.15, 0.2) is 6.33 Å². The Morgan fingerprint density at radius 1 is 1.16 bits per heavy atom. The zero-order chi connectivity index (χ0) is 21.6. The van der Waals surface area contributed by atoms with Crippen LogP contribution in [0, 0.1) is 5.92 Å². The summed E-state index contributed by atoms with van der Waals surface area (Å²) in [4.78, 5) is 24.6. The topological polar surface area (TPSA) is 75.5 Å². The quantitative estimate of drug-likeness (QED) is 0.747. The zero-order valence-corrected chi connectivity index (χ0v) is 18.2. The zero-order valence-electron chi connectivity index (χ0n) is 17.4. The third-order valence-electron chi connectivity index (χ3n) is 7.12. The van der Waals surface area contributed by atoms with Gasteiger partial charge >= 0.3 is 5.97 Å². The average molecular weight is 452 g/mol. The van der Waals surface area contributed by atoms with Gasteiger partial charge in [0.15, 0.2) is 0 Å². The highest BCUT2D eigenvalue weighted by molar-refractivity contribution is 7.18. The monoisotopic (exact) mass is 451 g/mol. The number of aromatic nitrogens is 2. The van der Waals surface area contributed by atoms with Crippen molar-refractivity contribution in [2.75, 3.05) is 13.1 Å². The number of hydrogen-bond acceptors (Lipinski definition) is 6. The minimum absolute atomic E-state index is 0.0370. The molecule has 6 nitrogen and oxygen atoms in total. The summed E-state index contributed by atoms with van der Waals surface area (Å²) < 4.78 is 33.2. The first-order chi connectivity index (χ1) is 14.9. The van der Waals surface area contributed by atoms with Crippen LogP contribution in [-0.4, -0.2) is 57.1 Å². The molecule has 2 aromatic heterocycles. The van der Waals surface area contributed by atoms with Gasteiger partial charge in [-0.25, -0.2) is 18.7 Å². The lowest BCUT2D eigenvalue weighted by atomic mass is 9.87. The lowest BCUT2D eigenvalue weighted by Crippen LogP contribution is -2.47. The Morgan fingerprint density at radius 3 is 2.61 bits per heavy atom. The van der Waals surface area contributed by atoms with Crippen LogP contribution in [0.25, 0.3) is 10.2 Å². The molecule has 9 heteroatoms. The van der Waals surface area contributed by atoms with E-state index in [9.17, 15) is 18.7 Å². The molecule has 5 rings (SSSR count). The van der Waals surface area contributed by atoms with Gasteiger partial charge in [0.25, 0.3) is 5.92 Å². The van der Waals surface area contributed by atoms with Gasteiger partial charge in [0, 0.05) is 36.9 Å². The smallest absolute Gasteiger partial charge is 0.306 e. The molecule has 0 aromatic carbocycles. The van der Waals surface area contributed by atoms with Gasteiger partial charge in [0.05, 0.1) is 11.3 Å². The number of halogens is 2. The number of piperidine rings is 1. The Kier molecular flexibility index (Phi) is 5.58. The molecule has 1 unspecified atom stereocenters. The number of carboxylic acids is 1. The predicted octanol–water partition coefficient (Wildman–Crippen LogP) is 4.30. The first-order valence-corrected chi connectivity index (χ1v) is 12.0. The fourth-order valence-electron chi connectivity index (χ4n) is 5.28. The van der Waals surface area contributed by atoms with Crippen molar-refractivity contribution in [1.82, 2.24) is 14.9 Å². The number of thiophene rings is 1. The number of hydrogen-bond donors (Lipinski definition) is 1. The molecule has 0 spiro atoms. The molecule has 1 saturated heterocycles. The molecule has 2 fully saturated rings. The van der Waals surface area contributed by atoms with Gasteiger partial charge in [0.1, 0.15) is 17.3 Å². The number of rotatable bonds is 4. The van der Waals surface area contributed by atoms with Crippen LogP contribution >= 0.6 is 11.3 Å². The number of aliphatic carboxylic acids is 1. The van der Waals surface area contributed by atoms with Crippen LogP contribution < -0.4 is 4.74 Å². The molecule has 1 N–H and O–H groups in total. The molecular formula is C22H27F2N3O3S. The van der Waals surface area contributed by atoms with Crippen LogP contribution in [0.4, 0.5) is 8.78 Å². The van der Waals surface area contributed by atoms with Crippen LogP contribution in [0.2, 0.25) is 0 Å². The summed E-state index contributed by atoms with van der Waals surface area (Å²) in [5.74, 6) is -3.06. The Hall–Kier alpha value is -1.87. The van der Waals surface area contributed by atoms with Gasteiger partial charge in [-0.15, -0.1) is 11.3 Å². The van der Waals surface area contributed by atoms with Gasteiger partial charge in [-0.05, 0) is 50.5 Å². The Balaban J connectivity index is 1.27. The van der Waals surface area contributed by atoms with E-state index >= 15 is 0 Å². The van der Waals surface area contributed by atoms with Crippen molar-refractivity contribution in [3.63, 3.8) is 0 Å². The number of likely N-dealkylation sites (tertiary alicyclic amines) is 1. The minimum atomic E-state index is -2.51. The number of aryl methyl sites for hydroxylation is 1. The molecule has 0 bridgehead atoms. The standard InChI is InChI=1S/C22H27F2N3O3S/c23-22(24)7-9-27(10-8-22)14-2-4-15(5-3-14)30-19-18-16-11-13(21(28)29)1-6-17(16)31-20(18)26-12-25-19/h12-15H,1-11H2,(H,28,29). The molecule has 1 aliphatic heterocycles. The van der Waals surface area contributed by atoms with Crippen molar-refractivity contribution in [1.29, 1.82) is 0 Å². The number of fused-ring (bicyclic) bond motifs is 3. The van der Waals surface area contributed by atoms with E-state index in [1.165, 1.54) is 11.2 Å². The highest BCUT2D eigenvalue weighted by atomic mass is 32.1. The molecule has 31 heavy (non-hydrogen) atoms. The van der Waals surface area contributed by atoms with E-state index in [0.717, 1.165) is 47.9 Å². The number of carbonyl (C=O) groups is 1. The molecule has 3 heterocycles. The summed E-state index contributed by atoms with van der Waals surface area (Å²) in [5, 5.41) is 10.3. The van der Waals surface area contributed by atoms with Crippen molar-refractivity contribution in [3.05, 3.63) is 16.8 Å². The van der Waals surface area contributed by atoms with Crippen LogP contribution in [0.3, 0.4) is 0 Å². The molecule has 0 amide bonds. The molecule has 1 atom stereocenters. The molecule has 3 aliphatic rings. The van der Waals surface area contributed by atoms with Crippen molar-refractivity contribution in [3.8, 4) is 5.88 Å². The normalized spacial score (nSPS) is 28.9. The first-order valence-electron chi connectivity index (χ1n) is 11.2. The van der Waals surface area contributed by atoms with Crippen LogP contribution in [0.5, 0.6) is 5.88 Å². The van der Waals surface area contributed by atoms with Crippen LogP contribution in [-0.2, 0) is 17.6 Å². The molecule has 1 saturated carbocycles. The number of ether oxygens (including phenoxy) is 1. The Bertz CT molecular complexity index is 964. The van der Waals surface area contributed by atoms with Gasteiger partial charge in [-0.2, -0.15) is 0 Å². The lowest BCUT2D eigenvalue weighted by molar-refractivity contribution is -0.142. The van der Waals surface area contributed by atoms with Crippen molar-refractivity contribution < 1.29 is 23.4 Å². The van der Waals surface area contributed by atoms with Crippen molar-refractivity contribution in [2.24, 2.45) is 5.92 Å². The lowest BCUT2D eigenvalue weighted by Gasteiger charge is -2.40. The molecule has 2 aliphatic carbocycles. The fourth-order valence-corrected chi connectivity index (χ4v) is 6.46. The van der Waals surface area contributed by atoms with Crippen LogP contribution in [0.1, 0.15) is 55.4 Å². The minimum Gasteiger partial charge on any atom is -0.481 e. The number of nitrogens with zero attached hydrogens (tertiary/aromatic N) is 3. The Labute approximate surface area is 183 Å². The second kappa shape index (κ2) is 8.24. The van der Waals surface area contributed by atoms with E-state index in [-0.39, 0.29) is 24.9 Å². The largest absolute Gasteiger partial charge is 0.481 e. The van der Waals surface area contributed by atoms with E-state index in [2.05, 4.69) is 14.9 Å². The summed E-state index contributed by atoms with van der Waals surface area (Å²) in [6.07, 6.45) is 7.01. The third kappa shape index (κ3) is 4.26. The maximum absolute atomic E-state index is 13.4. The summed E-state index contributed by atoms with van der Waals surface area (Å²) in [6, 6.07) is 0.353. The second-order valence-corrected chi connectivity index (χ2v) is 10.2. The van der Waals surface area contributed by atoms with Gasteiger partial charge in [0.2, 0.25) is 5.88 Å². The number of alkyl halides is 2. The summed E-state index contributed by atoms with van der Waals surface area (Å²) in [6.45, 7) is 0.947. The van der Waals surface area contributed by atoms with Crippen molar-refractivity contribution >= 4 is 27.5 Å². The maximum atomic E-state index is 13.4. The summed E-state index contributed by atoms with van der Waals surface area (Å²) in [5.41, 5.74) is 1.04. The van der Waals surface area contributed by atoms with E-state index < -0.39 is 11.9 Å². The van der Waals surface area contributed by atoms with Gasteiger partial charge in [-0.1, -0.05) is 0 Å². The second-order valence-electron chi connectivity index (χ2n) is 9.08. The maximum Gasteiger partial charge on any atom is 0.306 e. The predicted molar refractivity (Wildman–Crippen MR) is 113 cm³/mol. The van der Waals surface area contributed by atoms with E-state index in [0.29, 0.717) is 37.9 Å². The molecule has 168 valence electrons. The molecule has 0 radical (unpaired) electrons. The third-order valence-corrected chi connectivity index (χ3v) is 8.32. The SMILES string of the molecule is O=C(O)C1CCc2sc3ncnc(OC4CCC(N5CCC(F)(F)CC5)CC4)c3c2C1. The van der Waals surface area contributed by atoms with Gasteiger partial charge < -0.3 is 9.84 Å². The van der Waals surface area contributed by atoms with Crippen molar-refractivity contribution in [2.45, 2.75) is 75.9 Å². The number of carboxylic acid groups (broad SMARTS) is 1. The first kappa shape index (κ1) is 21.0. The fraction of sp³-hybridized carbons (Fsp3) is 0.682. The highest BCUT2D eigenvalue weighted by Gasteiger charge is 2.37. The van der Waals surface area contributed by atoms with E-state index in [1.807, 2.05) is 0 Å². The molecule has 2 aromatic rings. The molecular weight excluding hydrogens is 424 g/mol. The van der Waals surface area contributed by atoms with E-state index in [4.69, 9.17) is 4.74 Å². The average Bonchev–Trinajstić information content (AvgIpc) is 3.13. The van der Waals surface area contributed by atoms with E-state index in [1.54, 1.807) is 11.3 Å². The highest BCUT2D eigenvalue weighted by Crippen LogP contribution is 2.41. The summed E-state index contributed by atoms with van der Waals surface area (Å²) in [7, 11) is 0. The summed E-state index contributed by atoms with van der Waals surface area (Å²) >= 11 is 1.62. The van der Waals surface area contributed by atoms with Gasteiger partial charge in [-0.3, -0.25) is 9.69 Å².